The van der Waals surface area contributed by atoms with Crippen molar-refractivity contribution in [3.8, 4) is 0 Å². The molecule has 18 heteroatoms. The molecule has 46 heavy (non-hydrogen) atoms. The van der Waals surface area contributed by atoms with Crippen molar-refractivity contribution in [2.45, 2.75) is 52.9 Å². The molecular formula is C28H38N10O8. The van der Waals surface area contributed by atoms with Gasteiger partial charge in [0.2, 0.25) is 11.8 Å². The number of hydrogen-bond donors (Lipinski definition) is 6. The Bertz CT molecular complexity index is 1700. The Morgan fingerprint density at radius 3 is 1.48 bits per heavy atom. The average Bonchev–Trinajstić information content (AvgIpc) is 3.09. The summed E-state index contributed by atoms with van der Waals surface area (Å²) in [5.41, 5.74) is -2.83. The fourth-order valence-corrected chi connectivity index (χ4v) is 6.80. The first-order valence-corrected chi connectivity index (χ1v) is 15.0. The number of urea groups is 2. The molecule has 18 nitrogen and oxygen atoms in total. The molecule has 3 aliphatic heterocycles. The summed E-state index contributed by atoms with van der Waals surface area (Å²) in [7, 11) is 0. The molecule has 6 rings (SSSR count). The maximum Gasteiger partial charge on any atom is 0.328 e. The van der Waals surface area contributed by atoms with Crippen LogP contribution in [-0.2, 0) is 22.7 Å². The molecule has 4 fully saturated rings. The standard InChI is InChI=1S/2C14H19N5O4/c1-13-7-8-14(13,2)10(21)17-12(23)19(8)6-4-15-3-5-18(7)11(22)16-9(13)20;1-9-7-18(13(22)16-11(9)20)5-3-15-4-6-19-8-10(2)12(21)17-14(19)23/h2*7-8,15H,3-6H2,1-2H3,(H,16,20,22)(H,17,21,23). The van der Waals surface area contributed by atoms with Crippen molar-refractivity contribution in [1.29, 1.82) is 0 Å². The SMILES string of the molecule is CC12C(=O)NC(=O)N3CCNCCN4C(=O)NC(=O)C1(C)C4C32.Cc1cn(CCNCCn2cc(C)c(=O)[nH]c2=O)c(=O)[nH]c1=O. The number of rotatable bonds is 6. The monoisotopic (exact) mass is 642 g/mol. The lowest BCUT2D eigenvalue weighted by Crippen LogP contribution is -2.91. The normalized spacial score (nSPS) is 26.8. The van der Waals surface area contributed by atoms with E-state index in [9.17, 15) is 38.4 Å². The summed E-state index contributed by atoms with van der Waals surface area (Å²) >= 11 is 0. The van der Waals surface area contributed by atoms with Gasteiger partial charge in [-0.15, -0.1) is 0 Å². The van der Waals surface area contributed by atoms with Crippen LogP contribution in [-0.4, -0.2) is 104 Å². The summed E-state index contributed by atoms with van der Waals surface area (Å²) in [5.74, 6) is -0.890. The zero-order valence-corrected chi connectivity index (χ0v) is 26.0. The average molecular weight is 643 g/mol. The molecule has 1 saturated carbocycles. The van der Waals surface area contributed by atoms with E-state index >= 15 is 0 Å². The van der Waals surface area contributed by atoms with Gasteiger partial charge in [-0.25, -0.2) is 19.2 Å². The Morgan fingerprint density at radius 1 is 0.696 bits per heavy atom. The molecule has 0 spiro atoms. The first kappa shape index (κ1) is 32.6. The van der Waals surface area contributed by atoms with Gasteiger partial charge in [0.15, 0.2) is 0 Å². The molecule has 4 aliphatic rings. The van der Waals surface area contributed by atoms with E-state index in [2.05, 4.69) is 31.2 Å². The summed E-state index contributed by atoms with van der Waals surface area (Å²) in [6.07, 6.45) is 3.03. The first-order valence-electron chi connectivity index (χ1n) is 15.0. The molecule has 0 radical (unpaired) electrons. The van der Waals surface area contributed by atoms with Crippen molar-refractivity contribution in [1.82, 2.24) is 50.2 Å². The lowest BCUT2D eigenvalue weighted by atomic mass is 9.42. The zero-order valence-electron chi connectivity index (χ0n) is 26.0. The Balaban J connectivity index is 0.000000181. The van der Waals surface area contributed by atoms with Gasteiger partial charge < -0.3 is 20.4 Å². The number of H-pyrrole nitrogens is 2. The van der Waals surface area contributed by atoms with Gasteiger partial charge in [0.25, 0.3) is 11.1 Å². The number of aromatic amines is 2. The van der Waals surface area contributed by atoms with E-state index in [0.29, 0.717) is 63.5 Å². The minimum atomic E-state index is -1.06. The van der Waals surface area contributed by atoms with Gasteiger partial charge in [-0.2, -0.15) is 0 Å². The summed E-state index contributed by atoms with van der Waals surface area (Å²) < 4.78 is 2.83. The fraction of sp³-hybridized carbons (Fsp3) is 0.571. The van der Waals surface area contributed by atoms with Gasteiger partial charge in [-0.05, 0) is 27.7 Å². The van der Waals surface area contributed by atoms with Crippen LogP contribution in [0.3, 0.4) is 0 Å². The van der Waals surface area contributed by atoms with Crippen LogP contribution in [0.4, 0.5) is 9.59 Å². The Kier molecular flexibility index (Phi) is 8.61. The Hall–Kier alpha value is -4.84. The third kappa shape index (κ3) is 5.26. The summed E-state index contributed by atoms with van der Waals surface area (Å²) in [5, 5.41) is 11.0. The van der Waals surface area contributed by atoms with Crippen molar-refractivity contribution in [2.24, 2.45) is 10.8 Å². The van der Waals surface area contributed by atoms with Crippen LogP contribution in [0.1, 0.15) is 25.0 Å². The zero-order chi connectivity index (χ0) is 33.6. The van der Waals surface area contributed by atoms with Crippen molar-refractivity contribution >= 4 is 23.9 Å². The number of nitrogens with zero attached hydrogens (tertiary/aromatic N) is 4. The molecule has 0 bridgehead atoms. The van der Waals surface area contributed by atoms with E-state index in [4.69, 9.17) is 0 Å². The molecule has 2 aromatic heterocycles. The second-order valence-corrected chi connectivity index (χ2v) is 12.2. The van der Waals surface area contributed by atoms with Crippen LogP contribution >= 0.6 is 0 Å². The predicted molar refractivity (Wildman–Crippen MR) is 162 cm³/mol. The lowest BCUT2D eigenvalue weighted by molar-refractivity contribution is -0.212. The van der Waals surface area contributed by atoms with Crippen molar-refractivity contribution in [2.75, 3.05) is 39.3 Å². The number of nitrogens with one attached hydrogen (secondary N) is 6. The highest BCUT2D eigenvalue weighted by Crippen LogP contribution is 2.62. The van der Waals surface area contributed by atoms with E-state index in [1.165, 1.54) is 21.5 Å². The van der Waals surface area contributed by atoms with E-state index in [0.717, 1.165) is 0 Å². The quantitative estimate of drug-likeness (QED) is 0.172. The molecule has 4 unspecified atom stereocenters. The topological polar surface area (TPSA) is 233 Å². The van der Waals surface area contributed by atoms with Crippen LogP contribution in [0.5, 0.6) is 0 Å². The highest BCUT2D eigenvalue weighted by molar-refractivity contribution is 6.10. The second-order valence-electron chi connectivity index (χ2n) is 12.2. The lowest BCUT2D eigenvalue weighted by Gasteiger charge is -2.71. The summed E-state index contributed by atoms with van der Waals surface area (Å²) in [4.78, 5) is 103. The number of aryl methyl sites for hydroxylation is 2. The summed E-state index contributed by atoms with van der Waals surface area (Å²) in [6.45, 7) is 10.5. The number of fused-ring (bicyclic) bond motifs is 1. The number of hydrogen-bond acceptors (Lipinski definition) is 10. The molecule has 2 aromatic rings. The highest BCUT2D eigenvalue weighted by atomic mass is 16.2. The molecule has 6 N–H and O–H groups in total. The second kappa shape index (κ2) is 12.2. The number of carbonyl (C=O) groups is 4. The largest absolute Gasteiger partial charge is 0.328 e. The Morgan fingerprint density at radius 2 is 1.09 bits per heavy atom. The molecule has 5 heterocycles. The van der Waals surface area contributed by atoms with E-state index < -0.39 is 58.2 Å². The minimum Gasteiger partial charge on any atom is -0.317 e. The predicted octanol–water partition coefficient (Wildman–Crippen LogP) is -3.25. The van der Waals surface area contributed by atoms with Gasteiger partial charge in [-0.3, -0.25) is 48.9 Å². The molecule has 6 amide bonds. The van der Waals surface area contributed by atoms with Gasteiger partial charge in [0.1, 0.15) is 0 Å². The first-order chi connectivity index (χ1) is 21.7. The van der Waals surface area contributed by atoms with Crippen LogP contribution in [0.25, 0.3) is 0 Å². The number of aromatic nitrogens is 4. The van der Waals surface area contributed by atoms with E-state index in [1.807, 2.05) is 0 Å². The van der Waals surface area contributed by atoms with E-state index in [-0.39, 0.29) is 11.1 Å². The van der Waals surface area contributed by atoms with Crippen LogP contribution in [0.15, 0.2) is 31.6 Å². The van der Waals surface area contributed by atoms with Crippen molar-refractivity contribution in [3.05, 3.63) is 65.2 Å². The molecular weight excluding hydrogens is 604 g/mol. The fourth-order valence-electron chi connectivity index (χ4n) is 6.80. The van der Waals surface area contributed by atoms with Gasteiger partial charge in [0.05, 0.1) is 22.9 Å². The van der Waals surface area contributed by atoms with Crippen LogP contribution in [0, 0.1) is 24.7 Å². The smallest absolute Gasteiger partial charge is 0.317 e. The molecule has 4 atom stereocenters. The maximum atomic E-state index is 12.6. The van der Waals surface area contributed by atoms with Gasteiger partial charge in [-0.1, -0.05) is 0 Å². The third-order valence-electron chi connectivity index (χ3n) is 9.63. The number of imide groups is 2. The Labute approximate surface area is 261 Å². The van der Waals surface area contributed by atoms with Crippen molar-refractivity contribution in [3.63, 3.8) is 0 Å². The third-order valence-corrected chi connectivity index (χ3v) is 9.63. The van der Waals surface area contributed by atoms with Crippen LogP contribution < -0.4 is 43.8 Å². The van der Waals surface area contributed by atoms with Crippen molar-refractivity contribution < 1.29 is 19.2 Å². The molecule has 1 aliphatic carbocycles. The molecule has 3 saturated heterocycles. The number of amides is 6. The van der Waals surface area contributed by atoms with Crippen LogP contribution in [0.2, 0.25) is 0 Å². The highest BCUT2D eigenvalue weighted by Gasteiger charge is 2.80. The van der Waals surface area contributed by atoms with Gasteiger partial charge in [0, 0.05) is 75.9 Å². The molecule has 0 aromatic carbocycles. The van der Waals surface area contributed by atoms with E-state index in [1.54, 1.807) is 37.5 Å². The summed E-state index contributed by atoms with van der Waals surface area (Å²) in [6, 6.07) is -1.88. The minimum absolute atomic E-state index is 0.382. The van der Waals surface area contributed by atoms with Gasteiger partial charge >= 0.3 is 23.4 Å². The number of carbonyl (C=O) groups excluding carboxylic acids is 4. The molecule has 248 valence electrons. The maximum absolute atomic E-state index is 12.6.